The second kappa shape index (κ2) is 6.51. The minimum Gasteiger partial charge on any atom is -0.341 e. The van der Waals surface area contributed by atoms with E-state index in [4.69, 9.17) is 4.52 Å². The molecular formula is C18H16FN7O. The summed E-state index contributed by atoms with van der Waals surface area (Å²) in [7, 11) is 0. The van der Waals surface area contributed by atoms with Crippen LogP contribution in [-0.2, 0) is 6.54 Å². The average Bonchev–Trinajstić information content (AvgIpc) is 3.41. The Bertz CT molecular complexity index is 1080. The molecule has 8 nitrogen and oxygen atoms in total. The first-order valence-electron chi connectivity index (χ1n) is 8.74. The highest BCUT2D eigenvalue weighted by atomic mass is 19.1. The lowest BCUT2D eigenvalue weighted by Gasteiger charge is -2.20. The molecule has 1 unspecified atom stereocenters. The molecule has 136 valence electrons. The highest BCUT2D eigenvalue weighted by Crippen LogP contribution is 2.32. The van der Waals surface area contributed by atoms with Crippen molar-refractivity contribution in [3.05, 3.63) is 54.3 Å². The van der Waals surface area contributed by atoms with E-state index in [0.717, 1.165) is 30.7 Å². The van der Waals surface area contributed by atoms with Crippen LogP contribution in [0.25, 0.3) is 22.6 Å². The summed E-state index contributed by atoms with van der Waals surface area (Å²) >= 11 is 0. The highest BCUT2D eigenvalue weighted by Gasteiger charge is 2.30. The van der Waals surface area contributed by atoms with Gasteiger partial charge in [-0.1, -0.05) is 5.16 Å². The van der Waals surface area contributed by atoms with Crippen molar-refractivity contribution in [3.63, 3.8) is 0 Å². The zero-order chi connectivity index (χ0) is 18.2. The van der Waals surface area contributed by atoms with Gasteiger partial charge in [0.2, 0.25) is 11.7 Å². The number of fused-ring (bicyclic) bond motifs is 1. The number of nitrogens with one attached hydrogen (secondary N) is 1. The van der Waals surface area contributed by atoms with Gasteiger partial charge in [0.25, 0.3) is 0 Å². The molecule has 4 heterocycles. The van der Waals surface area contributed by atoms with Gasteiger partial charge in [0, 0.05) is 12.4 Å². The lowest BCUT2D eigenvalue weighted by Crippen LogP contribution is -2.23. The van der Waals surface area contributed by atoms with Crippen molar-refractivity contribution in [1.29, 1.82) is 0 Å². The molecule has 0 amide bonds. The quantitative estimate of drug-likeness (QED) is 0.594. The van der Waals surface area contributed by atoms with Crippen molar-refractivity contribution in [1.82, 2.24) is 35.0 Å². The maximum Gasteiger partial charge on any atom is 0.241 e. The molecule has 1 aliphatic rings. The zero-order valence-electron chi connectivity index (χ0n) is 14.3. The molecule has 3 aromatic heterocycles. The van der Waals surface area contributed by atoms with Crippen LogP contribution < -0.4 is 0 Å². The zero-order valence-corrected chi connectivity index (χ0v) is 14.3. The van der Waals surface area contributed by atoms with Gasteiger partial charge < -0.3 is 9.51 Å². The first kappa shape index (κ1) is 16.0. The number of benzene rings is 1. The second-order valence-electron chi connectivity index (χ2n) is 6.51. The molecular weight excluding hydrogens is 349 g/mol. The Morgan fingerprint density at radius 1 is 1.26 bits per heavy atom. The molecule has 1 atom stereocenters. The fourth-order valence-electron chi connectivity index (χ4n) is 3.50. The average molecular weight is 365 g/mol. The number of nitrogens with zero attached hydrogens (tertiary/aromatic N) is 6. The minimum absolute atomic E-state index is 0.104. The molecule has 4 aromatic rings. The van der Waals surface area contributed by atoms with E-state index in [1.165, 1.54) is 12.1 Å². The monoisotopic (exact) mass is 365 g/mol. The van der Waals surface area contributed by atoms with Gasteiger partial charge in [0.1, 0.15) is 17.3 Å². The summed E-state index contributed by atoms with van der Waals surface area (Å²) in [5, 5.41) is 3.99. The largest absolute Gasteiger partial charge is 0.341 e. The van der Waals surface area contributed by atoms with Gasteiger partial charge in [-0.2, -0.15) is 4.98 Å². The van der Waals surface area contributed by atoms with Crippen LogP contribution in [0.2, 0.25) is 0 Å². The fraction of sp³-hybridized carbons (Fsp3) is 0.278. The lowest BCUT2D eigenvalue weighted by molar-refractivity contribution is 0.207. The smallest absolute Gasteiger partial charge is 0.241 e. The lowest BCUT2D eigenvalue weighted by atomic mass is 10.2. The van der Waals surface area contributed by atoms with E-state index >= 15 is 0 Å². The third kappa shape index (κ3) is 3.06. The number of H-pyrrole nitrogens is 1. The van der Waals surface area contributed by atoms with E-state index in [2.05, 4.69) is 35.0 Å². The van der Waals surface area contributed by atoms with Crippen LogP contribution in [0.4, 0.5) is 4.39 Å². The van der Waals surface area contributed by atoms with Crippen LogP contribution in [0.3, 0.4) is 0 Å². The normalized spacial score (nSPS) is 17.7. The molecule has 1 N–H and O–H groups in total. The van der Waals surface area contributed by atoms with Crippen LogP contribution in [-0.4, -0.2) is 41.5 Å². The summed E-state index contributed by atoms with van der Waals surface area (Å²) < 4.78 is 18.8. The van der Waals surface area contributed by atoms with E-state index in [1.807, 2.05) is 0 Å². The number of rotatable bonds is 4. The number of imidazole rings is 1. The third-order valence-corrected chi connectivity index (χ3v) is 4.74. The van der Waals surface area contributed by atoms with Gasteiger partial charge in [-0.3, -0.25) is 9.88 Å². The Balaban J connectivity index is 1.37. The molecule has 5 rings (SSSR count). The van der Waals surface area contributed by atoms with Crippen molar-refractivity contribution in [2.24, 2.45) is 0 Å². The number of hydrogen-bond donors (Lipinski definition) is 1. The number of likely N-dealkylation sites (tertiary alicyclic amines) is 1. The Morgan fingerprint density at radius 3 is 3.11 bits per heavy atom. The predicted molar refractivity (Wildman–Crippen MR) is 93.8 cm³/mol. The predicted octanol–water partition coefficient (Wildman–Crippen LogP) is 2.88. The Kier molecular flexibility index (Phi) is 3.86. The molecule has 0 spiro atoms. The molecule has 27 heavy (non-hydrogen) atoms. The van der Waals surface area contributed by atoms with Crippen molar-refractivity contribution in [3.8, 4) is 11.5 Å². The van der Waals surface area contributed by atoms with Gasteiger partial charge >= 0.3 is 0 Å². The van der Waals surface area contributed by atoms with E-state index < -0.39 is 0 Å². The maximum atomic E-state index is 13.4. The number of halogens is 1. The minimum atomic E-state index is -0.275. The Hall–Kier alpha value is -3.20. The molecule has 1 aromatic carbocycles. The molecule has 9 heteroatoms. The number of hydrogen-bond acceptors (Lipinski definition) is 7. The Labute approximate surface area is 153 Å². The first-order chi connectivity index (χ1) is 13.3. The summed E-state index contributed by atoms with van der Waals surface area (Å²) in [6.45, 7) is 1.42. The number of aromatic amines is 1. The topological polar surface area (TPSA) is 96.6 Å². The molecule has 0 saturated carbocycles. The summed E-state index contributed by atoms with van der Waals surface area (Å²) in [4.78, 5) is 22.7. The van der Waals surface area contributed by atoms with Crippen LogP contribution in [0.15, 0.2) is 41.3 Å². The highest BCUT2D eigenvalue weighted by molar-refractivity contribution is 5.75. The van der Waals surface area contributed by atoms with Crippen LogP contribution in [0.5, 0.6) is 0 Å². The van der Waals surface area contributed by atoms with Gasteiger partial charge in [-0.15, -0.1) is 0 Å². The Morgan fingerprint density at radius 2 is 2.22 bits per heavy atom. The summed E-state index contributed by atoms with van der Waals surface area (Å²) in [5.41, 5.74) is 2.05. The van der Waals surface area contributed by atoms with E-state index in [1.54, 1.807) is 24.7 Å². The second-order valence-corrected chi connectivity index (χ2v) is 6.51. The third-order valence-electron chi connectivity index (χ3n) is 4.74. The fourth-order valence-corrected chi connectivity index (χ4v) is 3.50. The van der Waals surface area contributed by atoms with Crippen molar-refractivity contribution < 1.29 is 8.91 Å². The van der Waals surface area contributed by atoms with Crippen molar-refractivity contribution in [2.45, 2.75) is 25.4 Å². The molecule has 1 saturated heterocycles. The first-order valence-corrected chi connectivity index (χ1v) is 8.74. The van der Waals surface area contributed by atoms with Crippen LogP contribution in [0, 0.1) is 5.82 Å². The molecule has 0 bridgehead atoms. The van der Waals surface area contributed by atoms with Crippen LogP contribution in [0.1, 0.15) is 30.6 Å². The molecule has 1 aliphatic heterocycles. The van der Waals surface area contributed by atoms with Crippen molar-refractivity contribution in [2.75, 3.05) is 6.54 Å². The maximum absolute atomic E-state index is 13.4. The SMILES string of the molecule is Fc1ccc2nc(C3CCCN3Cc3nc(-c4cnccn4)no3)[nH]c2c1. The molecule has 0 aliphatic carbocycles. The molecule has 1 fully saturated rings. The van der Waals surface area contributed by atoms with E-state index in [-0.39, 0.29) is 11.9 Å². The van der Waals surface area contributed by atoms with E-state index in [0.29, 0.717) is 29.5 Å². The van der Waals surface area contributed by atoms with Gasteiger partial charge in [-0.25, -0.2) is 14.4 Å². The summed E-state index contributed by atoms with van der Waals surface area (Å²) in [6.07, 6.45) is 6.79. The molecule has 0 radical (unpaired) electrons. The number of aromatic nitrogens is 6. The van der Waals surface area contributed by atoms with Gasteiger partial charge in [0.15, 0.2) is 0 Å². The van der Waals surface area contributed by atoms with Gasteiger partial charge in [-0.05, 0) is 37.6 Å². The summed E-state index contributed by atoms with van der Waals surface area (Å²) in [5.74, 6) is 1.50. The standard InChI is InChI=1S/C18H16FN7O/c19-11-3-4-12-13(8-11)23-18(22-12)15-2-1-7-26(15)10-16-24-17(25-27-16)14-9-20-5-6-21-14/h3-6,8-9,15H,1-2,7,10H2,(H,22,23). The van der Waals surface area contributed by atoms with E-state index in [9.17, 15) is 4.39 Å². The van der Waals surface area contributed by atoms with Crippen molar-refractivity contribution >= 4 is 11.0 Å². The summed E-state index contributed by atoms with van der Waals surface area (Å²) in [6, 6.07) is 4.68. The van der Waals surface area contributed by atoms with Crippen LogP contribution >= 0.6 is 0 Å². The van der Waals surface area contributed by atoms with Gasteiger partial charge in [0.05, 0.1) is 29.8 Å².